The van der Waals surface area contributed by atoms with E-state index in [9.17, 15) is 4.79 Å². The van der Waals surface area contributed by atoms with Gasteiger partial charge in [0.05, 0.1) is 7.11 Å². The van der Waals surface area contributed by atoms with Crippen LogP contribution in [0.15, 0.2) is 12.3 Å². The third-order valence-corrected chi connectivity index (χ3v) is 4.28. The molecule has 5 nitrogen and oxygen atoms in total. The lowest BCUT2D eigenvalue weighted by atomic mass is 10.2. The Morgan fingerprint density at radius 3 is 3.11 bits per heavy atom. The van der Waals surface area contributed by atoms with E-state index in [0.29, 0.717) is 17.1 Å². The number of aromatic nitrogens is 2. The Kier molecular flexibility index (Phi) is 4.41. The lowest BCUT2D eigenvalue weighted by molar-refractivity contribution is 0.0587. The number of hydrogen-bond donors (Lipinski definition) is 1. The van der Waals surface area contributed by atoms with Gasteiger partial charge in [-0.3, -0.25) is 0 Å². The number of anilines is 1. The zero-order valence-corrected chi connectivity index (χ0v) is 11.4. The van der Waals surface area contributed by atoms with Crippen LogP contribution >= 0.6 is 11.8 Å². The van der Waals surface area contributed by atoms with E-state index < -0.39 is 5.97 Å². The maximum atomic E-state index is 11.3. The van der Waals surface area contributed by atoms with Crippen LogP contribution in [0.5, 0.6) is 0 Å². The molecule has 0 aliphatic heterocycles. The molecule has 1 fully saturated rings. The lowest BCUT2D eigenvalue weighted by Gasteiger charge is -2.19. The smallest absolute Gasteiger partial charge is 0.376 e. The second-order valence-electron chi connectivity index (χ2n) is 4.21. The summed E-state index contributed by atoms with van der Waals surface area (Å²) in [5.41, 5.74) is 0. The van der Waals surface area contributed by atoms with Gasteiger partial charge in [0.1, 0.15) is 5.82 Å². The first-order chi connectivity index (χ1) is 8.74. The number of hydrogen-bond acceptors (Lipinski definition) is 6. The minimum Gasteiger partial charge on any atom is -0.463 e. The molecule has 2 unspecified atom stereocenters. The molecule has 1 aliphatic rings. The zero-order valence-electron chi connectivity index (χ0n) is 10.5. The van der Waals surface area contributed by atoms with Crippen LogP contribution in [-0.4, -0.2) is 40.6 Å². The molecule has 0 bridgehead atoms. The van der Waals surface area contributed by atoms with Crippen LogP contribution < -0.4 is 5.32 Å². The molecular formula is C12H17N3O2S. The highest BCUT2D eigenvalue weighted by Gasteiger charge is 2.26. The van der Waals surface area contributed by atoms with E-state index in [4.69, 9.17) is 0 Å². The van der Waals surface area contributed by atoms with E-state index in [2.05, 4.69) is 26.3 Å². The summed E-state index contributed by atoms with van der Waals surface area (Å²) in [4.78, 5) is 19.4. The van der Waals surface area contributed by atoms with Crippen molar-refractivity contribution in [3.05, 3.63) is 18.1 Å². The Hall–Kier alpha value is -1.30. The molecule has 1 heterocycles. The van der Waals surface area contributed by atoms with Crippen molar-refractivity contribution < 1.29 is 9.53 Å². The second kappa shape index (κ2) is 6.04. The van der Waals surface area contributed by atoms with E-state index in [0.717, 1.165) is 6.42 Å². The van der Waals surface area contributed by atoms with Crippen LogP contribution in [0, 0.1) is 0 Å². The number of nitrogens with one attached hydrogen (secondary N) is 1. The van der Waals surface area contributed by atoms with Gasteiger partial charge in [-0.25, -0.2) is 14.8 Å². The summed E-state index contributed by atoms with van der Waals surface area (Å²) in [5.74, 6) is 0.282. The number of carbonyl (C=O) groups is 1. The number of nitrogens with zero attached hydrogens (tertiary/aromatic N) is 2. The molecule has 2 rings (SSSR count). The van der Waals surface area contributed by atoms with E-state index in [-0.39, 0.29) is 5.82 Å². The van der Waals surface area contributed by atoms with Crippen LogP contribution in [0.2, 0.25) is 0 Å². The number of carbonyl (C=O) groups excluding carboxylic acids is 1. The average molecular weight is 267 g/mol. The third kappa shape index (κ3) is 2.93. The van der Waals surface area contributed by atoms with E-state index >= 15 is 0 Å². The van der Waals surface area contributed by atoms with Crippen molar-refractivity contribution in [2.45, 2.75) is 30.6 Å². The van der Waals surface area contributed by atoms with Crippen molar-refractivity contribution in [3.8, 4) is 0 Å². The Labute approximate surface area is 111 Å². The number of methoxy groups -OCH3 is 1. The van der Waals surface area contributed by atoms with Crippen molar-refractivity contribution >= 4 is 23.5 Å². The minimum atomic E-state index is -0.508. The molecule has 0 radical (unpaired) electrons. The maximum Gasteiger partial charge on any atom is 0.376 e. The minimum absolute atomic E-state index is 0.0983. The van der Waals surface area contributed by atoms with E-state index in [1.165, 1.54) is 20.0 Å². The first-order valence-corrected chi connectivity index (χ1v) is 7.24. The molecule has 1 aromatic heterocycles. The summed E-state index contributed by atoms with van der Waals surface area (Å²) >= 11 is 1.88. The predicted octanol–water partition coefficient (Wildman–Crippen LogP) is 1.96. The van der Waals surface area contributed by atoms with Gasteiger partial charge in [0, 0.05) is 17.5 Å². The summed E-state index contributed by atoms with van der Waals surface area (Å²) in [6, 6.07) is 2.20. The molecule has 0 spiro atoms. The fourth-order valence-corrected chi connectivity index (χ4v) is 3.13. The molecule has 6 heteroatoms. The van der Waals surface area contributed by atoms with Gasteiger partial charge in [-0.1, -0.05) is 6.42 Å². The quantitative estimate of drug-likeness (QED) is 0.841. The number of esters is 1. The summed E-state index contributed by atoms with van der Waals surface area (Å²) in [7, 11) is 1.33. The molecule has 98 valence electrons. The van der Waals surface area contributed by atoms with Gasteiger partial charge < -0.3 is 10.1 Å². The van der Waals surface area contributed by atoms with Crippen molar-refractivity contribution in [1.29, 1.82) is 0 Å². The molecule has 0 amide bonds. The zero-order chi connectivity index (χ0) is 13.0. The standard InChI is InChI=1S/C12H17N3O2S/c1-17-12(16)11-13-7-6-10(15-11)14-8-4-3-5-9(8)18-2/h6-9H,3-5H2,1-2H3,(H,13,14,15). The van der Waals surface area contributed by atoms with Crippen LogP contribution in [-0.2, 0) is 4.74 Å². The summed E-state index contributed by atoms with van der Waals surface area (Å²) in [6.45, 7) is 0. The molecule has 0 aromatic carbocycles. The summed E-state index contributed by atoms with van der Waals surface area (Å²) < 4.78 is 4.61. The fourth-order valence-electron chi connectivity index (χ4n) is 2.19. The van der Waals surface area contributed by atoms with Crippen LogP contribution in [0.3, 0.4) is 0 Å². The monoisotopic (exact) mass is 267 g/mol. The van der Waals surface area contributed by atoms with Gasteiger partial charge in [-0.15, -0.1) is 0 Å². The molecule has 1 saturated carbocycles. The van der Waals surface area contributed by atoms with Crippen molar-refractivity contribution in [3.63, 3.8) is 0 Å². The Morgan fingerprint density at radius 1 is 1.56 bits per heavy atom. The highest BCUT2D eigenvalue weighted by atomic mass is 32.2. The molecule has 0 saturated heterocycles. The van der Waals surface area contributed by atoms with Crippen molar-refractivity contribution in [2.75, 3.05) is 18.7 Å². The van der Waals surface area contributed by atoms with Crippen LogP contribution in [0.25, 0.3) is 0 Å². The highest BCUT2D eigenvalue weighted by Crippen LogP contribution is 2.30. The Morgan fingerprint density at radius 2 is 2.39 bits per heavy atom. The summed E-state index contributed by atoms with van der Waals surface area (Å²) in [6.07, 6.45) is 7.31. The molecule has 18 heavy (non-hydrogen) atoms. The van der Waals surface area contributed by atoms with Crippen molar-refractivity contribution in [2.24, 2.45) is 0 Å². The predicted molar refractivity (Wildman–Crippen MR) is 71.9 cm³/mol. The number of thioether (sulfide) groups is 1. The Balaban J connectivity index is 2.07. The van der Waals surface area contributed by atoms with Crippen LogP contribution in [0.1, 0.15) is 29.9 Å². The Bertz CT molecular complexity index is 428. The largest absolute Gasteiger partial charge is 0.463 e. The topological polar surface area (TPSA) is 64.1 Å². The van der Waals surface area contributed by atoms with Gasteiger partial charge in [0.25, 0.3) is 0 Å². The highest BCUT2D eigenvalue weighted by molar-refractivity contribution is 7.99. The third-order valence-electron chi connectivity index (χ3n) is 3.11. The number of rotatable bonds is 4. The van der Waals surface area contributed by atoms with Gasteiger partial charge in [-0.2, -0.15) is 11.8 Å². The summed E-state index contributed by atoms with van der Waals surface area (Å²) in [5, 5.41) is 3.99. The SMILES string of the molecule is COC(=O)c1nccc(NC2CCCC2SC)n1. The van der Waals surface area contributed by atoms with E-state index in [1.54, 1.807) is 12.3 Å². The van der Waals surface area contributed by atoms with Gasteiger partial charge in [-0.05, 0) is 25.2 Å². The van der Waals surface area contributed by atoms with Gasteiger partial charge >= 0.3 is 5.97 Å². The van der Waals surface area contributed by atoms with Gasteiger partial charge in [0.15, 0.2) is 0 Å². The maximum absolute atomic E-state index is 11.3. The van der Waals surface area contributed by atoms with Gasteiger partial charge in [0.2, 0.25) is 5.82 Å². The van der Waals surface area contributed by atoms with Crippen LogP contribution in [0.4, 0.5) is 5.82 Å². The molecule has 2 atom stereocenters. The van der Waals surface area contributed by atoms with E-state index in [1.807, 2.05) is 11.8 Å². The normalized spacial score (nSPS) is 22.8. The second-order valence-corrected chi connectivity index (χ2v) is 5.29. The molecule has 1 N–H and O–H groups in total. The molecule has 1 aromatic rings. The molecule has 1 aliphatic carbocycles. The first kappa shape index (κ1) is 13.1. The van der Waals surface area contributed by atoms with Crippen molar-refractivity contribution in [1.82, 2.24) is 9.97 Å². The number of ether oxygens (including phenoxy) is 1. The molecular weight excluding hydrogens is 250 g/mol. The lowest BCUT2D eigenvalue weighted by Crippen LogP contribution is -2.26. The first-order valence-electron chi connectivity index (χ1n) is 5.95. The average Bonchev–Trinajstić information content (AvgIpc) is 2.85. The fraction of sp³-hybridized carbons (Fsp3) is 0.583.